The summed E-state index contributed by atoms with van der Waals surface area (Å²) >= 11 is 0. The zero-order chi connectivity index (χ0) is 23.6. The van der Waals surface area contributed by atoms with Crippen LogP contribution >= 0.6 is 7.82 Å². The van der Waals surface area contributed by atoms with E-state index in [0.717, 1.165) is 5.39 Å². The van der Waals surface area contributed by atoms with Crippen LogP contribution in [0.2, 0.25) is 0 Å². The first-order valence-electron chi connectivity index (χ1n) is 10.2. The Morgan fingerprint density at radius 2 is 1.73 bits per heavy atom. The van der Waals surface area contributed by atoms with Gasteiger partial charge in [0, 0.05) is 6.20 Å². The number of nitrogens with zero attached hydrogens (tertiary/aromatic N) is 1. The Hall–Kier alpha value is -2.56. The monoisotopic (exact) mass is 477 g/mol. The summed E-state index contributed by atoms with van der Waals surface area (Å²) in [6, 6.07) is 17.8. The van der Waals surface area contributed by atoms with E-state index < -0.39 is 51.0 Å². The van der Waals surface area contributed by atoms with E-state index in [1.54, 1.807) is 59.3 Å². The van der Waals surface area contributed by atoms with E-state index in [4.69, 9.17) is 14.0 Å². The first-order valence-corrected chi connectivity index (χ1v) is 11.8. The Kier molecular flexibility index (Phi) is 6.96. The fourth-order valence-corrected chi connectivity index (χ4v) is 4.53. The summed E-state index contributed by atoms with van der Waals surface area (Å²) in [4.78, 5) is 31.7. The minimum Gasteiger partial charge on any atom is -0.454 e. The lowest BCUT2D eigenvalue weighted by molar-refractivity contribution is -0.254. The van der Waals surface area contributed by atoms with Crippen molar-refractivity contribution < 1.29 is 43.4 Å². The maximum atomic E-state index is 12.8. The number of phosphoric ester groups is 1. The SMILES string of the molecule is O=C(Cc1ccccc1)O[C@@H]1[C@@H](OP(=O)(O)O)[C@H](O)[C@@H](CO)O[C@H]1n1ccc2ccccc21. The molecule has 2 aromatic carbocycles. The molecule has 1 saturated heterocycles. The van der Waals surface area contributed by atoms with Gasteiger partial charge >= 0.3 is 13.8 Å². The number of benzene rings is 2. The Bertz CT molecular complexity index is 1140. The van der Waals surface area contributed by atoms with E-state index in [-0.39, 0.29) is 6.42 Å². The van der Waals surface area contributed by atoms with Crippen molar-refractivity contribution in [1.29, 1.82) is 0 Å². The lowest BCUT2D eigenvalue weighted by Gasteiger charge is -2.44. The molecule has 1 fully saturated rings. The summed E-state index contributed by atoms with van der Waals surface area (Å²) in [7, 11) is -5.10. The van der Waals surface area contributed by atoms with Crippen LogP contribution in [-0.2, 0) is 29.8 Å². The maximum absolute atomic E-state index is 12.8. The number of aliphatic hydroxyl groups excluding tert-OH is 2. The molecule has 2 heterocycles. The van der Waals surface area contributed by atoms with E-state index >= 15 is 0 Å². The third-order valence-corrected chi connectivity index (χ3v) is 5.96. The number of hydrogen-bond acceptors (Lipinski definition) is 7. The van der Waals surface area contributed by atoms with Crippen molar-refractivity contribution in [2.24, 2.45) is 0 Å². The van der Waals surface area contributed by atoms with Crippen LogP contribution in [0.15, 0.2) is 66.9 Å². The molecule has 0 spiro atoms. The van der Waals surface area contributed by atoms with Gasteiger partial charge in [-0.25, -0.2) is 4.57 Å². The van der Waals surface area contributed by atoms with Gasteiger partial charge in [0.05, 0.1) is 18.5 Å². The van der Waals surface area contributed by atoms with Gasteiger partial charge in [0.2, 0.25) is 0 Å². The molecule has 11 heteroatoms. The summed E-state index contributed by atoms with van der Waals surface area (Å²) in [6.07, 6.45) is -5.59. The van der Waals surface area contributed by atoms with Gasteiger partial charge in [-0.3, -0.25) is 9.32 Å². The molecular formula is C22H24NO9P. The Morgan fingerprint density at radius 1 is 1.03 bits per heavy atom. The van der Waals surface area contributed by atoms with Crippen molar-refractivity contribution in [3.63, 3.8) is 0 Å². The molecule has 33 heavy (non-hydrogen) atoms. The van der Waals surface area contributed by atoms with Gasteiger partial charge < -0.3 is 34.0 Å². The van der Waals surface area contributed by atoms with Crippen LogP contribution in [-0.4, -0.2) is 61.6 Å². The quantitative estimate of drug-likeness (QED) is 0.294. The standard InChI is InChI=1S/C22H24NO9P/c24-13-17-19(26)20(32-33(27,28)29)21(31-18(25)12-14-6-2-1-3-7-14)22(30-17)23-11-10-15-8-4-5-9-16(15)23/h1-11,17,19-22,24,26H,12-13H2,(H2,27,28,29)/t17-,19-,20+,21-,22-/m1/s1. The number of carbonyl (C=O) groups is 1. The molecular weight excluding hydrogens is 453 g/mol. The van der Waals surface area contributed by atoms with Crippen molar-refractivity contribution >= 4 is 24.7 Å². The number of phosphoric acid groups is 1. The van der Waals surface area contributed by atoms with Gasteiger partial charge in [0.1, 0.15) is 18.3 Å². The number of carbonyl (C=O) groups excluding carboxylic acids is 1. The predicted octanol–water partition coefficient (Wildman–Crippen LogP) is 1.52. The third-order valence-electron chi connectivity index (χ3n) is 5.44. The van der Waals surface area contributed by atoms with E-state index in [2.05, 4.69) is 0 Å². The zero-order valence-electron chi connectivity index (χ0n) is 17.4. The van der Waals surface area contributed by atoms with E-state index in [9.17, 15) is 29.4 Å². The van der Waals surface area contributed by atoms with Gasteiger partial charge in [-0.05, 0) is 23.1 Å². The smallest absolute Gasteiger partial charge is 0.454 e. The van der Waals surface area contributed by atoms with Crippen LogP contribution in [0, 0.1) is 0 Å². The molecule has 176 valence electrons. The number of rotatable bonds is 7. The molecule has 5 atom stereocenters. The Balaban J connectivity index is 1.72. The van der Waals surface area contributed by atoms with Crippen molar-refractivity contribution in [3.05, 3.63) is 72.4 Å². The fourth-order valence-electron chi connectivity index (χ4n) is 3.97. The van der Waals surface area contributed by atoms with Crippen LogP contribution in [0.1, 0.15) is 11.8 Å². The molecule has 0 saturated carbocycles. The molecule has 0 unspecified atom stereocenters. The molecule has 4 rings (SSSR count). The van der Waals surface area contributed by atoms with Crippen molar-refractivity contribution in [2.45, 2.75) is 37.1 Å². The largest absolute Gasteiger partial charge is 0.470 e. The summed E-state index contributed by atoms with van der Waals surface area (Å²) in [6.45, 7) is -0.650. The number of ether oxygens (including phenoxy) is 2. The van der Waals surface area contributed by atoms with Crippen molar-refractivity contribution in [3.8, 4) is 0 Å². The molecule has 1 aliphatic heterocycles. The molecule has 4 N–H and O–H groups in total. The van der Waals surface area contributed by atoms with Gasteiger partial charge in [0.25, 0.3) is 0 Å². The van der Waals surface area contributed by atoms with Crippen molar-refractivity contribution in [1.82, 2.24) is 4.57 Å². The van der Waals surface area contributed by atoms with Gasteiger partial charge in [-0.15, -0.1) is 0 Å². The second kappa shape index (κ2) is 9.74. The number of aromatic nitrogens is 1. The predicted molar refractivity (Wildman–Crippen MR) is 116 cm³/mol. The molecule has 0 amide bonds. The zero-order valence-corrected chi connectivity index (χ0v) is 18.3. The van der Waals surface area contributed by atoms with Gasteiger partial charge in [-0.2, -0.15) is 0 Å². The minimum atomic E-state index is -5.10. The number of hydrogen-bond donors (Lipinski definition) is 4. The highest BCUT2D eigenvalue weighted by Crippen LogP contribution is 2.44. The molecule has 0 aliphatic carbocycles. The number of esters is 1. The van der Waals surface area contributed by atoms with Crippen LogP contribution in [0.3, 0.4) is 0 Å². The highest BCUT2D eigenvalue weighted by molar-refractivity contribution is 7.46. The molecule has 1 aromatic heterocycles. The molecule has 3 aromatic rings. The summed E-state index contributed by atoms with van der Waals surface area (Å²) in [5.41, 5.74) is 1.36. The first-order chi connectivity index (χ1) is 15.8. The lowest BCUT2D eigenvalue weighted by atomic mass is 9.97. The van der Waals surface area contributed by atoms with E-state index in [1.165, 1.54) is 0 Å². The fraction of sp³-hybridized carbons (Fsp3) is 0.318. The Morgan fingerprint density at radius 3 is 2.42 bits per heavy atom. The molecule has 1 aliphatic rings. The van der Waals surface area contributed by atoms with E-state index in [1.807, 2.05) is 12.1 Å². The molecule has 10 nitrogen and oxygen atoms in total. The number of aliphatic hydroxyl groups is 2. The van der Waals surface area contributed by atoms with Crippen molar-refractivity contribution in [2.75, 3.05) is 6.61 Å². The summed E-state index contributed by atoms with van der Waals surface area (Å²) < 4.78 is 29.6. The van der Waals surface area contributed by atoms with Gasteiger partial charge in [0.15, 0.2) is 12.3 Å². The van der Waals surface area contributed by atoms with Crippen LogP contribution in [0.25, 0.3) is 10.9 Å². The second-order valence-corrected chi connectivity index (χ2v) is 8.89. The first kappa shape index (κ1) is 23.6. The Labute approximate surface area is 189 Å². The van der Waals surface area contributed by atoms with Gasteiger partial charge in [-0.1, -0.05) is 48.5 Å². The molecule has 0 radical (unpaired) electrons. The lowest BCUT2D eigenvalue weighted by Crippen LogP contribution is -2.58. The third kappa shape index (κ3) is 5.34. The van der Waals surface area contributed by atoms with Crippen LogP contribution in [0.4, 0.5) is 0 Å². The average Bonchev–Trinajstić information content (AvgIpc) is 3.20. The van der Waals surface area contributed by atoms with E-state index in [0.29, 0.717) is 11.1 Å². The summed E-state index contributed by atoms with van der Waals surface area (Å²) in [5.74, 6) is -0.703. The van der Waals surface area contributed by atoms with Crippen LogP contribution in [0.5, 0.6) is 0 Å². The number of para-hydroxylation sites is 1. The highest BCUT2D eigenvalue weighted by Gasteiger charge is 2.51. The molecule has 0 bridgehead atoms. The topological polar surface area (TPSA) is 148 Å². The second-order valence-electron chi connectivity index (χ2n) is 7.70. The average molecular weight is 477 g/mol. The maximum Gasteiger partial charge on any atom is 0.470 e. The number of fused-ring (bicyclic) bond motifs is 1. The highest BCUT2D eigenvalue weighted by atomic mass is 31.2. The summed E-state index contributed by atoms with van der Waals surface area (Å²) in [5, 5.41) is 21.2. The normalized spacial score (nSPS) is 25.8. The van der Waals surface area contributed by atoms with Crippen LogP contribution < -0.4 is 0 Å². The minimum absolute atomic E-state index is 0.112.